The molecule has 0 spiro atoms. The van der Waals surface area contributed by atoms with E-state index in [1.54, 1.807) is 19.1 Å². The van der Waals surface area contributed by atoms with Crippen LogP contribution in [0.5, 0.6) is 0 Å². The Kier molecular flexibility index (Phi) is 3.39. The lowest BCUT2D eigenvalue weighted by molar-refractivity contribution is 0.141. The van der Waals surface area contributed by atoms with Crippen LogP contribution in [0.3, 0.4) is 0 Å². The zero-order valence-electron chi connectivity index (χ0n) is 9.17. The van der Waals surface area contributed by atoms with Crippen molar-refractivity contribution in [3.8, 4) is 0 Å². The zero-order valence-corrected chi connectivity index (χ0v) is 9.17. The van der Waals surface area contributed by atoms with E-state index in [2.05, 4.69) is 4.98 Å². The Morgan fingerprint density at radius 1 is 1.40 bits per heavy atom. The molecule has 0 saturated heterocycles. The highest BCUT2D eigenvalue weighted by atomic mass is 19.3. The van der Waals surface area contributed by atoms with Crippen LogP contribution in [0.15, 0.2) is 18.3 Å². The molecule has 0 aliphatic rings. The van der Waals surface area contributed by atoms with Crippen molar-refractivity contribution in [1.82, 2.24) is 4.98 Å². The predicted octanol–water partition coefficient (Wildman–Crippen LogP) is 2.85. The number of hydrogen-bond acceptors (Lipinski definition) is 2. The fraction of sp³-hybridized carbons (Fsp3) is 0.545. The van der Waals surface area contributed by atoms with Crippen molar-refractivity contribution in [2.24, 2.45) is 11.7 Å². The van der Waals surface area contributed by atoms with Crippen molar-refractivity contribution in [1.29, 1.82) is 0 Å². The van der Waals surface area contributed by atoms with Crippen molar-refractivity contribution in [3.63, 3.8) is 0 Å². The van der Waals surface area contributed by atoms with E-state index in [0.717, 1.165) is 0 Å². The van der Waals surface area contributed by atoms with Gasteiger partial charge in [-0.3, -0.25) is 4.98 Å². The molecule has 2 nitrogen and oxygen atoms in total. The van der Waals surface area contributed by atoms with Gasteiger partial charge in [0.2, 0.25) is 0 Å². The fourth-order valence-corrected chi connectivity index (χ4v) is 1.36. The zero-order chi connectivity index (χ0) is 11.6. The molecule has 0 fully saturated rings. The Bertz CT molecular complexity index is 335. The topological polar surface area (TPSA) is 38.9 Å². The fourth-order valence-electron chi connectivity index (χ4n) is 1.36. The first-order valence-electron chi connectivity index (χ1n) is 4.89. The molecule has 4 heteroatoms. The van der Waals surface area contributed by atoms with Crippen LogP contribution in [-0.2, 0) is 5.54 Å². The van der Waals surface area contributed by atoms with E-state index < -0.39 is 12.0 Å². The highest BCUT2D eigenvalue weighted by Crippen LogP contribution is 2.32. The van der Waals surface area contributed by atoms with Gasteiger partial charge in [0.05, 0.1) is 0 Å². The summed E-state index contributed by atoms with van der Waals surface area (Å²) in [6.45, 7) is 5.56. The van der Waals surface area contributed by atoms with Gasteiger partial charge >= 0.3 is 0 Å². The molecule has 0 radical (unpaired) electrons. The number of hydrogen-bond donors (Lipinski definition) is 1. The average Bonchev–Trinajstić information content (AvgIpc) is 2.17. The van der Waals surface area contributed by atoms with Crippen LogP contribution in [0.25, 0.3) is 0 Å². The maximum atomic E-state index is 12.7. The summed E-state index contributed by atoms with van der Waals surface area (Å²) in [7, 11) is 0. The number of aromatic nitrogens is 1. The van der Waals surface area contributed by atoms with Gasteiger partial charge in [-0.2, -0.15) is 0 Å². The first-order chi connectivity index (χ1) is 6.87. The van der Waals surface area contributed by atoms with E-state index in [0.29, 0.717) is 5.56 Å². The Labute approximate surface area is 88.5 Å². The van der Waals surface area contributed by atoms with Gasteiger partial charge in [-0.05, 0) is 24.5 Å². The normalized spacial score (nSPS) is 15.7. The summed E-state index contributed by atoms with van der Waals surface area (Å²) in [5.74, 6) is 0.0687. The van der Waals surface area contributed by atoms with E-state index in [1.807, 2.05) is 13.8 Å². The molecule has 1 heterocycles. The van der Waals surface area contributed by atoms with E-state index >= 15 is 0 Å². The minimum Gasteiger partial charge on any atom is -0.321 e. The molecule has 0 aromatic carbocycles. The minimum absolute atomic E-state index is 0.0687. The molecule has 0 aliphatic heterocycles. The summed E-state index contributed by atoms with van der Waals surface area (Å²) in [4.78, 5) is 3.70. The molecular formula is C11H16F2N2. The highest BCUT2D eigenvalue weighted by molar-refractivity contribution is 5.28. The van der Waals surface area contributed by atoms with Gasteiger partial charge in [-0.1, -0.05) is 19.9 Å². The number of alkyl halides is 2. The lowest BCUT2D eigenvalue weighted by Gasteiger charge is -2.31. The Morgan fingerprint density at radius 2 is 2.00 bits per heavy atom. The number of rotatable bonds is 3. The standard InChI is InChI=1S/C11H16F2N2/c1-7(2)11(3,14)8-5-4-6-15-9(8)10(12)13/h4-7,10H,14H2,1-3H3. The number of pyridine rings is 1. The Morgan fingerprint density at radius 3 is 2.47 bits per heavy atom. The molecule has 0 saturated carbocycles. The lowest BCUT2D eigenvalue weighted by atomic mass is 9.82. The first kappa shape index (κ1) is 12.0. The van der Waals surface area contributed by atoms with Gasteiger partial charge in [-0.25, -0.2) is 8.78 Å². The van der Waals surface area contributed by atoms with Gasteiger partial charge in [-0.15, -0.1) is 0 Å². The number of nitrogens with zero attached hydrogens (tertiary/aromatic N) is 1. The van der Waals surface area contributed by atoms with Gasteiger partial charge < -0.3 is 5.73 Å². The maximum Gasteiger partial charge on any atom is 0.280 e. The van der Waals surface area contributed by atoms with Gasteiger partial charge in [0.15, 0.2) is 0 Å². The third-order valence-corrected chi connectivity index (χ3v) is 2.82. The summed E-state index contributed by atoms with van der Waals surface area (Å²) in [6, 6.07) is 3.25. The second-order valence-electron chi connectivity index (χ2n) is 4.17. The van der Waals surface area contributed by atoms with Crippen LogP contribution in [0.4, 0.5) is 8.78 Å². The van der Waals surface area contributed by atoms with E-state index in [1.165, 1.54) is 6.20 Å². The van der Waals surface area contributed by atoms with Crippen molar-refractivity contribution in [3.05, 3.63) is 29.6 Å². The summed E-state index contributed by atoms with van der Waals surface area (Å²) in [5.41, 5.74) is 5.48. The molecule has 15 heavy (non-hydrogen) atoms. The summed E-state index contributed by atoms with van der Waals surface area (Å²) >= 11 is 0. The summed E-state index contributed by atoms with van der Waals surface area (Å²) < 4.78 is 25.4. The molecule has 0 bridgehead atoms. The second kappa shape index (κ2) is 4.23. The van der Waals surface area contributed by atoms with Crippen molar-refractivity contribution < 1.29 is 8.78 Å². The molecular weight excluding hydrogens is 198 g/mol. The highest BCUT2D eigenvalue weighted by Gasteiger charge is 2.30. The van der Waals surface area contributed by atoms with Gasteiger partial charge in [0, 0.05) is 11.7 Å². The number of halogens is 2. The van der Waals surface area contributed by atoms with Crippen LogP contribution in [0.2, 0.25) is 0 Å². The molecule has 1 aromatic heterocycles. The quantitative estimate of drug-likeness (QED) is 0.840. The number of nitrogens with two attached hydrogens (primary N) is 1. The largest absolute Gasteiger partial charge is 0.321 e. The molecule has 0 aliphatic carbocycles. The monoisotopic (exact) mass is 214 g/mol. The maximum absolute atomic E-state index is 12.7. The SMILES string of the molecule is CC(C)C(C)(N)c1cccnc1C(F)F. The molecule has 1 unspecified atom stereocenters. The van der Waals surface area contributed by atoms with E-state index in [4.69, 9.17) is 5.73 Å². The van der Waals surface area contributed by atoms with E-state index in [-0.39, 0.29) is 11.6 Å². The molecule has 84 valence electrons. The molecule has 1 rings (SSSR count). The lowest BCUT2D eigenvalue weighted by Crippen LogP contribution is -2.39. The molecule has 1 aromatic rings. The van der Waals surface area contributed by atoms with Gasteiger partial charge in [0.1, 0.15) is 5.69 Å². The van der Waals surface area contributed by atoms with Crippen molar-refractivity contribution in [2.75, 3.05) is 0 Å². The van der Waals surface area contributed by atoms with Crippen LogP contribution in [-0.4, -0.2) is 4.98 Å². The first-order valence-corrected chi connectivity index (χ1v) is 4.89. The van der Waals surface area contributed by atoms with E-state index in [9.17, 15) is 8.78 Å². The predicted molar refractivity (Wildman–Crippen MR) is 55.6 cm³/mol. The Hall–Kier alpha value is -1.03. The molecule has 0 amide bonds. The molecule has 2 N–H and O–H groups in total. The van der Waals surface area contributed by atoms with Crippen LogP contribution < -0.4 is 5.73 Å². The van der Waals surface area contributed by atoms with Crippen LogP contribution >= 0.6 is 0 Å². The minimum atomic E-state index is -2.58. The second-order valence-corrected chi connectivity index (χ2v) is 4.17. The third kappa shape index (κ3) is 2.31. The van der Waals surface area contributed by atoms with Crippen LogP contribution in [0.1, 0.15) is 38.5 Å². The van der Waals surface area contributed by atoms with Crippen molar-refractivity contribution in [2.45, 2.75) is 32.7 Å². The Balaban J connectivity index is 3.24. The van der Waals surface area contributed by atoms with Crippen LogP contribution in [0, 0.1) is 5.92 Å². The third-order valence-electron chi connectivity index (χ3n) is 2.82. The smallest absolute Gasteiger partial charge is 0.280 e. The average molecular weight is 214 g/mol. The summed E-state index contributed by atoms with van der Waals surface area (Å²) in [6.07, 6.45) is -1.22. The summed E-state index contributed by atoms with van der Waals surface area (Å²) in [5, 5.41) is 0. The molecule has 1 atom stereocenters. The van der Waals surface area contributed by atoms with Gasteiger partial charge in [0.25, 0.3) is 6.43 Å². The van der Waals surface area contributed by atoms with Crippen molar-refractivity contribution >= 4 is 0 Å².